The summed E-state index contributed by atoms with van der Waals surface area (Å²) in [5, 5.41) is 9.08. The number of hydrogen-bond donors (Lipinski definition) is 1. The lowest BCUT2D eigenvalue weighted by Gasteiger charge is -2.09. The first-order valence-corrected chi connectivity index (χ1v) is 5.76. The second-order valence-electron chi connectivity index (χ2n) is 4.09. The fourth-order valence-corrected chi connectivity index (χ4v) is 2.03. The molecule has 0 aliphatic carbocycles. The number of carbonyl (C=O) groups is 1. The average Bonchev–Trinajstić information content (AvgIpc) is 2.30. The summed E-state index contributed by atoms with van der Waals surface area (Å²) in [4.78, 5) is 10.9. The largest absolute Gasteiger partial charge is 0.478 e. The van der Waals surface area contributed by atoms with E-state index >= 15 is 0 Å². The van der Waals surface area contributed by atoms with E-state index in [9.17, 15) is 13.6 Å². The van der Waals surface area contributed by atoms with Gasteiger partial charge in [0, 0.05) is 5.02 Å². The maximum Gasteiger partial charge on any atom is 0.335 e. The zero-order valence-electron chi connectivity index (χ0n) is 9.88. The summed E-state index contributed by atoms with van der Waals surface area (Å²) in [6.07, 6.45) is 0. The van der Waals surface area contributed by atoms with Gasteiger partial charge in [0.05, 0.1) is 5.56 Å². The third kappa shape index (κ3) is 2.74. The molecule has 2 aromatic carbocycles. The topological polar surface area (TPSA) is 37.3 Å². The molecule has 0 aromatic heterocycles. The van der Waals surface area contributed by atoms with Crippen LogP contribution in [0.15, 0.2) is 30.3 Å². The van der Waals surface area contributed by atoms with Gasteiger partial charge in [0.2, 0.25) is 0 Å². The standard InChI is InChI=1S/C14H9ClF2O2/c1-7-12(4-9(14(18)19)5-13(7)17)8-2-10(15)6-11(16)3-8/h2-6H,1H3,(H,18,19). The smallest absolute Gasteiger partial charge is 0.335 e. The van der Waals surface area contributed by atoms with Crippen molar-refractivity contribution in [1.82, 2.24) is 0 Å². The zero-order chi connectivity index (χ0) is 14.2. The van der Waals surface area contributed by atoms with Crippen molar-refractivity contribution in [2.24, 2.45) is 0 Å². The Kier molecular flexibility index (Phi) is 3.53. The van der Waals surface area contributed by atoms with Crippen LogP contribution >= 0.6 is 11.6 Å². The van der Waals surface area contributed by atoms with Crippen molar-refractivity contribution in [3.8, 4) is 11.1 Å². The summed E-state index contributed by atoms with van der Waals surface area (Å²) < 4.78 is 27.0. The van der Waals surface area contributed by atoms with E-state index in [1.807, 2.05) is 0 Å². The van der Waals surface area contributed by atoms with Crippen molar-refractivity contribution in [3.05, 3.63) is 58.1 Å². The van der Waals surface area contributed by atoms with Gasteiger partial charge in [-0.25, -0.2) is 13.6 Å². The molecule has 2 rings (SSSR count). The van der Waals surface area contributed by atoms with E-state index in [1.165, 1.54) is 25.1 Å². The van der Waals surface area contributed by atoms with Gasteiger partial charge in [-0.05, 0) is 53.9 Å². The van der Waals surface area contributed by atoms with E-state index < -0.39 is 17.6 Å². The van der Waals surface area contributed by atoms with E-state index in [2.05, 4.69) is 0 Å². The molecule has 0 bridgehead atoms. The maximum absolute atomic E-state index is 13.7. The molecule has 0 unspecified atom stereocenters. The van der Waals surface area contributed by atoms with Crippen LogP contribution in [0.25, 0.3) is 11.1 Å². The number of carboxylic acid groups (broad SMARTS) is 1. The lowest BCUT2D eigenvalue weighted by atomic mass is 9.97. The van der Waals surface area contributed by atoms with E-state index in [4.69, 9.17) is 16.7 Å². The van der Waals surface area contributed by atoms with Crippen LogP contribution in [0.5, 0.6) is 0 Å². The molecule has 0 fully saturated rings. The lowest BCUT2D eigenvalue weighted by molar-refractivity contribution is 0.0696. The van der Waals surface area contributed by atoms with Gasteiger partial charge in [-0.15, -0.1) is 0 Å². The van der Waals surface area contributed by atoms with Gasteiger partial charge < -0.3 is 5.11 Å². The Balaban J connectivity index is 2.70. The monoisotopic (exact) mass is 282 g/mol. The Morgan fingerprint density at radius 3 is 2.42 bits per heavy atom. The van der Waals surface area contributed by atoms with Crippen LogP contribution in [0.1, 0.15) is 15.9 Å². The predicted octanol–water partition coefficient (Wildman–Crippen LogP) is 4.29. The maximum atomic E-state index is 13.7. The quantitative estimate of drug-likeness (QED) is 0.892. The van der Waals surface area contributed by atoms with Gasteiger partial charge in [-0.3, -0.25) is 0 Å². The van der Waals surface area contributed by atoms with Gasteiger partial charge in [0.15, 0.2) is 0 Å². The molecule has 19 heavy (non-hydrogen) atoms. The normalized spacial score (nSPS) is 10.5. The number of hydrogen-bond acceptors (Lipinski definition) is 1. The Bertz CT molecular complexity index is 648. The number of carboxylic acids is 1. The minimum absolute atomic E-state index is 0.163. The highest BCUT2D eigenvalue weighted by molar-refractivity contribution is 6.30. The minimum atomic E-state index is -1.25. The Morgan fingerprint density at radius 2 is 1.84 bits per heavy atom. The molecule has 0 aliphatic rings. The zero-order valence-corrected chi connectivity index (χ0v) is 10.6. The van der Waals surface area contributed by atoms with Gasteiger partial charge in [0.25, 0.3) is 0 Å². The van der Waals surface area contributed by atoms with Crippen molar-refractivity contribution in [2.45, 2.75) is 6.92 Å². The summed E-state index contributed by atoms with van der Waals surface area (Å²) in [6, 6.07) is 5.99. The Labute approximate surface area is 113 Å². The third-order valence-electron chi connectivity index (χ3n) is 2.76. The van der Waals surface area contributed by atoms with Crippen molar-refractivity contribution in [2.75, 3.05) is 0 Å². The molecule has 1 N–H and O–H groups in total. The van der Waals surface area contributed by atoms with Crippen molar-refractivity contribution >= 4 is 17.6 Å². The Morgan fingerprint density at radius 1 is 1.16 bits per heavy atom. The number of aromatic carboxylic acids is 1. The molecule has 2 nitrogen and oxygen atoms in total. The van der Waals surface area contributed by atoms with Crippen LogP contribution in [0.3, 0.4) is 0 Å². The summed E-state index contributed by atoms with van der Waals surface area (Å²) >= 11 is 5.74. The number of benzene rings is 2. The minimum Gasteiger partial charge on any atom is -0.478 e. The van der Waals surface area contributed by atoms with Crippen molar-refractivity contribution in [3.63, 3.8) is 0 Å². The molecule has 2 aromatic rings. The molecule has 0 saturated carbocycles. The molecule has 0 aliphatic heterocycles. The first-order chi connectivity index (χ1) is 8.88. The second-order valence-corrected chi connectivity index (χ2v) is 4.53. The van der Waals surface area contributed by atoms with Gasteiger partial charge in [-0.2, -0.15) is 0 Å². The molecular weight excluding hydrogens is 274 g/mol. The Hall–Kier alpha value is -1.94. The predicted molar refractivity (Wildman–Crippen MR) is 68.5 cm³/mol. The van der Waals surface area contributed by atoms with Crippen LogP contribution < -0.4 is 0 Å². The molecular formula is C14H9ClF2O2. The number of rotatable bonds is 2. The number of halogens is 3. The van der Waals surface area contributed by atoms with Crippen molar-refractivity contribution in [1.29, 1.82) is 0 Å². The van der Waals surface area contributed by atoms with Gasteiger partial charge >= 0.3 is 5.97 Å². The van der Waals surface area contributed by atoms with E-state index in [-0.39, 0.29) is 16.1 Å². The highest BCUT2D eigenvalue weighted by atomic mass is 35.5. The molecule has 0 spiro atoms. The SMILES string of the molecule is Cc1c(F)cc(C(=O)O)cc1-c1cc(F)cc(Cl)c1. The summed E-state index contributed by atoms with van der Waals surface area (Å²) in [7, 11) is 0. The van der Waals surface area contributed by atoms with Gasteiger partial charge in [-0.1, -0.05) is 11.6 Å². The van der Waals surface area contributed by atoms with Crippen LogP contribution in [-0.2, 0) is 0 Å². The molecule has 5 heteroatoms. The van der Waals surface area contributed by atoms with E-state index in [1.54, 1.807) is 0 Å². The van der Waals surface area contributed by atoms with Crippen LogP contribution in [0.2, 0.25) is 5.02 Å². The summed E-state index contributed by atoms with van der Waals surface area (Å²) in [6.45, 7) is 1.50. The highest BCUT2D eigenvalue weighted by Crippen LogP contribution is 2.29. The molecule has 0 heterocycles. The van der Waals surface area contributed by atoms with Crippen LogP contribution in [-0.4, -0.2) is 11.1 Å². The fraction of sp³-hybridized carbons (Fsp3) is 0.0714. The lowest BCUT2D eigenvalue weighted by Crippen LogP contribution is -2.00. The van der Waals surface area contributed by atoms with E-state index in [0.29, 0.717) is 11.1 Å². The van der Waals surface area contributed by atoms with E-state index in [0.717, 1.165) is 12.1 Å². The fourth-order valence-electron chi connectivity index (χ4n) is 1.81. The average molecular weight is 283 g/mol. The summed E-state index contributed by atoms with van der Waals surface area (Å²) in [5.41, 5.74) is 0.688. The highest BCUT2D eigenvalue weighted by Gasteiger charge is 2.14. The molecule has 98 valence electrons. The van der Waals surface area contributed by atoms with Gasteiger partial charge in [0.1, 0.15) is 11.6 Å². The van der Waals surface area contributed by atoms with Crippen LogP contribution in [0.4, 0.5) is 8.78 Å². The molecule has 0 saturated heterocycles. The first kappa shape index (κ1) is 13.5. The summed E-state index contributed by atoms with van der Waals surface area (Å²) in [5.74, 6) is -2.47. The van der Waals surface area contributed by atoms with Crippen LogP contribution in [0, 0.1) is 18.6 Å². The third-order valence-corrected chi connectivity index (χ3v) is 2.98. The first-order valence-electron chi connectivity index (χ1n) is 5.38. The second kappa shape index (κ2) is 4.97. The van der Waals surface area contributed by atoms with Crippen molar-refractivity contribution < 1.29 is 18.7 Å². The molecule has 0 radical (unpaired) electrons. The molecule has 0 amide bonds. The molecule has 0 atom stereocenters.